The zero-order chi connectivity index (χ0) is 23.1. The Labute approximate surface area is 190 Å². The first kappa shape index (κ1) is 23.8. The topological polar surface area (TPSA) is 81.9 Å². The summed E-state index contributed by atoms with van der Waals surface area (Å²) in [5, 5.41) is 13.8. The van der Waals surface area contributed by atoms with Gasteiger partial charge in [-0.3, -0.25) is 10.0 Å². The molecule has 1 saturated heterocycles. The number of hydroxylamine groups is 1. The third-order valence-electron chi connectivity index (χ3n) is 6.13. The van der Waals surface area contributed by atoms with Crippen LogP contribution in [0.15, 0.2) is 59.5 Å². The summed E-state index contributed by atoms with van der Waals surface area (Å²) in [4.78, 5) is 18.0. The number of rotatable bonds is 9. The summed E-state index contributed by atoms with van der Waals surface area (Å²) < 4.78 is 2.35. The van der Waals surface area contributed by atoms with Gasteiger partial charge in [-0.05, 0) is 57.7 Å². The van der Waals surface area contributed by atoms with Gasteiger partial charge in [0.2, 0.25) is 0 Å². The maximum atomic E-state index is 11.5. The molecule has 1 fully saturated rings. The number of hydrogen-bond donors (Lipinski definition) is 3. The lowest BCUT2D eigenvalue weighted by Gasteiger charge is -2.33. The van der Waals surface area contributed by atoms with Gasteiger partial charge in [0.1, 0.15) is 5.82 Å². The molecular weight excluding hydrogens is 402 g/mol. The van der Waals surface area contributed by atoms with Crippen LogP contribution in [0.1, 0.15) is 45.2 Å². The molecule has 1 amide bonds. The summed E-state index contributed by atoms with van der Waals surface area (Å²) >= 11 is 0. The monoisotopic (exact) mass is 437 g/mol. The second-order valence-corrected chi connectivity index (χ2v) is 8.59. The molecule has 0 bridgehead atoms. The summed E-state index contributed by atoms with van der Waals surface area (Å²) in [5.41, 5.74) is 4.56. The number of aromatic nitrogens is 1. The number of carbonyl (C=O) groups excluding carboxylic acids is 1. The Hall–Kier alpha value is -2.90. The summed E-state index contributed by atoms with van der Waals surface area (Å²) in [7, 11) is 0. The number of hydrogen-bond acceptors (Lipinski definition) is 5. The number of amides is 1. The zero-order valence-corrected chi connectivity index (χ0v) is 19.3. The van der Waals surface area contributed by atoms with Gasteiger partial charge in [-0.1, -0.05) is 30.9 Å². The van der Waals surface area contributed by atoms with Crippen molar-refractivity contribution in [3.05, 3.63) is 60.1 Å². The van der Waals surface area contributed by atoms with Crippen molar-refractivity contribution >= 4 is 23.0 Å². The number of para-hydroxylation sites is 1. The van der Waals surface area contributed by atoms with E-state index >= 15 is 0 Å². The molecule has 0 spiro atoms. The predicted octanol–water partition coefficient (Wildman–Crippen LogP) is 4.02. The molecule has 0 atom stereocenters. The fraction of sp³-hybridized carbons (Fsp3) is 0.440. The summed E-state index contributed by atoms with van der Waals surface area (Å²) in [6, 6.07) is 9.05. The van der Waals surface area contributed by atoms with E-state index in [0.717, 1.165) is 39.0 Å². The number of piperidine rings is 1. The van der Waals surface area contributed by atoms with Gasteiger partial charge in [0.05, 0.1) is 5.57 Å². The number of benzene rings is 1. The molecule has 3 N–H and O–H groups in total. The second kappa shape index (κ2) is 11.1. The largest absolute Gasteiger partial charge is 0.357 e. The van der Waals surface area contributed by atoms with Crippen molar-refractivity contribution in [2.75, 3.05) is 19.6 Å². The molecule has 7 heteroatoms. The van der Waals surface area contributed by atoms with E-state index in [2.05, 4.69) is 70.7 Å². The lowest BCUT2D eigenvalue weighted by atomic mass is 9.97. The fourth-order valence-electron chi connectivity index (χ4n) is 4.21. The Morgan fingerprint density at radius 3 is 2.69 bits per heavy atom. The van der Waals surface area contributed by atoms with Crippen molar-refractivity contribution in [3.63, 3.8) is 0 Å². The number of likely N-dealkylation sites (tertiary alicyclic amines) is 1. The van der Waals surface area contributed by atoms with Gasteiger partial charge in [0, 0.05) is 49.0 Å². The summed E-state index contributed by atoms with van der Waals surface area (Å²) in [6.07, 6.45) is 7.46. The minimum Gasteiger partial charge on any atom is -0.357 e. The van der Waals surface area contributed by atoms with Gasteiger partial charge < -0.3 is 14.8 Å². The third-order valence-corrected chi connectivity index (χ3v) is 6.13. The van der Waals surface area contributed by atoms with Crippen LogP contribution in [0.3, 0.4) is 0 Å². The van der Waals surface area contributed by atoms with Crippen molar-refractivity contribution in [3.8, 4) is 0 Å². The average molecular weight is 438 g/mol. The van der Waals surface area contributed by atoms with Gasteiger partial charge in [0.15, 0.2) is 0 Å². The van der Waals surface area contributed by atoms with E-state index in [0.29, 0.717) is 23.4 Å². The average Bonchev–Trinajstić information content (AvgIpc) is 3.18. The molecule has 1 aromatic carbocycles. The smallest absolute Gasteiger partial charge is 0.275 e. The molecule has 0 radical (unpaired) electrons. The van der Waals surface area contributed by atoms with Crippen LogP contribution in [0.5, 0.6) is 0 Å². The van der Waals surface area contributed by atoms with E-state index in [1.165, 1.54) is 22.7 Å². The van der Waals surface area contributed by atoms with Crippen LogP contribution in [0.4, 0.5) is 0 Å². The van der Waals surface area contributed by atoms with E-state index in [1.807, 2.05) is 0 Å². The van der Waals surface area contributed by atoms with Gasteiger partial charge in [-0.2, -0.15) is 0 Å². The van der Waals surface area contributed by atoms with Crippen LogP contribution in [0, 0.1) is 5.92 Å². The minimum absolute atomic E-state index is 0.298. The Morgan fingerprint density at radius 2 is 2.03 bits per heavy atom. The highest BCUT2D eigenvalue weighted by Gasteiger charge is 2.20. The van der Waals surface area contributed by atoms with Crippen LogP contribution >= 0.6 is 0 Å². The van der Waals surface area contributed by atoms with Crippen LogP contribution in [0.2, 0.25) is 0 Å². The molecule has 2 heterocycles. The molecule has 2 aromatic rings. The first-order chi connectivity index (χ1) is 15.4. The quantitative estimate of drug-likeness (QED) is 0.240. The van der Waals surface area contributed by atoms with Gasteiger partial charge in [-0.25, -0.2) is 10.5 Å². The molecule has 0 saturated carbocycles. The molecule has 7 nitrogen and oxygen atoms in total. The third kappa shape index (κ3) is 5.66. The molecule has 0 unspecified atom stereocenters. The molecule has 172 valence electrons. The van der Waals surface area contributed by atoms with Crippen LogP contribution in [-0.2, 0) is 11.3 Å². The molecular formula is C25H35N5O2. The minimum atomic E-state index is -0.578. The number of allylic oxidation sites excluding steroid dienone is 1. The van der Waals surface area contributed by atoms with Crippen molar-refractivity contribution in [2.24, 2.45) is 10.9 Å². The second-order valence-electron chi connectivity index (χ2n) is 8.59. The Balaban J connectivity index is 1.48. The first-order valence-corrected chi connectivity index (χ1v) is 11.3. The van der Waals surface area contributed by atoms with Gasteiger partial charge in [-0.15, -0.1) is 0 Å². The molecule has 3 rings (SSSR count). The van der Waals surface area contributed by atoms with Gasteiger partial charge >= 0.3 is 0 Å². The molecule has 1 aromatic heterocycles. The van der Waals surface area contributed by atoms with Crippen molar-refractivity contribution in [2.45, 2.75) is 46.2 Å². The maximum Gasteiger partial charge on any atom is 0.275 e. The van der Waals surface area contributed by atoms with Crippen LogP contribution in [0.25, 0.3) is 10.9 Å². The standard InChI is InChI=1S/C25H35N5O2/c1-5-21(25(31)28-32)16-27-19(4)29-12-10-20(11-13-29)14-26-15-22-17-30(18(2)3)24-9-7-6-8-23(22)24/h5-9,16-18,20,26,32H,4,10-15H2,1-3H3,(H,28,31)/b21-5+,27-16?. The number of aliphatic imine (C=N–C) groups is 1. The van der Waals surface area contributed by atoms with Crippen molar-refractivity contribution < 1.29 is 10.0 Å². The zero-order valence-electron chi connectivity index (χ0n) is 19.3. The highest BCUT2D eigenvalue weighted by atomic mass is 16.5. The van der Waals surface area contributed by atoms with Crippen molar-refractivity contribution in [1.29, 1.82) is 0 Å². The number of carbonyl (C=O) groups is 1. The number of fused-ring (bicyclic) bond motifs is 1. The SMILES string of the molecule is C=C(N=C/C(=C\C)C(=O)NO)N1CCC(CNCc2cn(C(C)C)c3ccccc23)CC1. The highest BCUT2D eigenvalue weighted by molar-refractivity contribution is 6.11. The molecule has 32 heavy (non-hydrogen) atoms. The lowest BCUT2D eigenvalue weighted by molar-refractivity contribution is -0.124. The number of nitrogens with zero attached hydrogens (tertiary/aromatic N) is 3. The fourth-order valence-corrected chi connectivity index (χ4v) is 4.21. The molecule has 1 aliphatic rings. The summed E-state index contributed by atoms with van der Waals surface area (Å²) in [6.45, 7) is 13.8. The van der Waals surface area contributed by atoms with E-state index < -0.39 is 5.91 Å². The predicted molar refractivity (Wildman–Crippen MR) is 130 cm³/mol. The Bertz CT molecular complexity index is 997. The van der Waals surface area contributed by atoms with Crippen LogP contribution in [-0.4, -0.2) is 46.4 Å². The van der Waals surface area contributed by atoms with E-state index in [9.17, 15) is 4.79 Å². The van der Waals surface area contributed by atoms with E-state index in [1.54, 1.807) is 18.5 Å². The van der Waals surface area contributed by atoms with Crippen LogP contribution < -0.4 is 10.8 Å². The first-order valence-electron chi connectivity index (χ1n) is 11.3. The van der Waals surface area contributed by atoms with Gasteiger partial charge in [0.25, 0.3) is 5.91 Å². The van der Waals surface area contributed by atoms with Crippen molar-refractivity contribution in [1.82, 2.24) is 20.3 Å². The van der Waals surface area contributed by atoms with E-state index in [-0.39, 0.29) is 0 Å². The number of nitrogens with one attached hydrogen (secondary N) is 2. The molecule has 0 aliphatic carbocycles. The molecule has 1 aliphatic heterocycles. The Kier molecular flexibility index (Phi) is 8.25. The lowest BCUT2D eigenvalue weighted by Crippen LogP contribution is -2.36. The van der Waals surface area contributed by atoms with E-state index in [4.69, 9.17) is 5.21 Å². The highest BCUT2D eigenvalue weighted by Crippen LogP contribution is 2.25. The maximum absolute atomic E-state index is 11.5. The summed E-state index contributed by atoms with van der Waals surface area (Å²) in [5.74, 6) is 0.682. The Morgan fingerprint density at radius 1 is 1.31 bits per heavy atom. The normalized spacial score (nSPS) is 15.8.